The highest BCUT2D eigenvalue weighted by atomic mass is 16.7. The van der Waals surface area contributed by atoms with Crippen molar-refractivity contribution >= 4 is 23.6 Å². The predicted octanol–water partition coefficient (Wildman–Crippen LogP) is 4.58. The van der Waals surface area contributed by atoms with Gasteiger partial charge in [0.25, 0.3) is 5.91 Å². The molecule has 1 N–H and O–H groups in total. The zero-order valence-corrected chi connectivity index (χ0v) is 19.1. The summed E-state index contributed by atoms with van der Waals surface area (Å²) in [4.78, 5) is 24.6. The monoisotopic (exact) mass is 455 g/mol. The first kappa shape index (κ1) is 24.0. The molecule has 8 nitrogen and oxygen atoms in total. The van der Waals surface area contributed by atoms with Crippen molar-refractivity contribution in [1.82, 2.24) is 0 Å². The molecule has 1 amide bonds. The highest BCUT2D eigenvalue weighted by molar-refractivity contribution is 5.96. The molecule has 2 aromatic carbocycles. The van der Waals surface area contributed by atoms with E-state index in [4.69, 9.17) is 23.7 Å². The van der Waals surface area contributed by atoms with Crippen LogP contribution >= 0.6 is 0 Å². The van der Waals surface area contributed by atoms with E-state index in [0.29, 0.717) is 41.9 Å². The normalized spacial score (nSPS) is 12.9. The topological polar surface area (TPSA) is 92.3 Å². The van der Waals surface area contributed by atoms with Crippen LogP contribution in [0.15, 0.2) is 42.5 Å². The Bertz CT molecular complexity index is 1000. The van der Waals surface area contributed by atoms with Crippen molar-refractivity contribution in [2.45, 2.75) is 39.7 Å². The Morgan fingerprint density at radius 1 is 1.06 bits per heavy atom. The molecule has 2 aromatic rings. The molecular weight excluding hydrogens is 426 g/mol. The van der Waals surface area contributed by atoms with Crippen LogP contribution < -0.4 is 24.3 Å². The van der Waals surface area contributed by atoms with Gasteiger partial charge in [-0.25, -0.2) is 4.79 Å². The largest absolute Gasteiger partial charge is 0.490 e. The first-order chi connectivity index (χ1) is 16.0. The number of nitrogens with one attached hydrogen (secondary N) is 1. The van der Waals surface area contributed by atoms with Crippen molar-refractivity contribution < 1.29 is 33.3 Å². The summed E-state index contributed by atoms with van der Waals surface area (Å²) >= 11 is 0. The van der Waals surface area contributed by atoms with E-state index in [0.717, 1.165) is 18.4 Å². The first-order valence-corrected chi connectivity index (χ1v) is 11.0. The summed E-state index contributed by atoms with van der Waals surface area (Å²) in [5.41, 5.74) is 1.27. The fourth-order valence-electron chi connectivity index (χ4n) is 2.99. The van der Waals surface area contributed by atoms with Gasteiger partial charge in [0.15, 0.2) is 29.1 Å². The minimum absolute atomic E-state index is 0.147. The van der Waals surface area contributed by atoms with Crippen LogP contribution in [-0.2, 0) is 14.3 Å². The second-order valence-corrected chi connectivity index (χ2v) is 7.31. The summed E-state index contributed by atoms with van der Waals surface area (Å²) in [6.07, 6.45) is 3.89. The summed E-state index contributed by atoms with van der Waals surface area (Å²) in [6, 6.07) is 10.5. The maximum atomic E-state index is 12.4. The number of hydrogen-bond donors (Lipinski definition) is 1. The summed E-state index contributed by atoms with van der Waals surface area (Å²) in [7, 11) is 0. The van der Waals surface area contributed by atoms with Gasteiger partial charge in [-0.3, -0.25) is 4.79 Å². The smallest absolute Gasteiger partial charge is 0.331 e. The van der Waals surface area contributed by atoms with Gasteiger partial charge < -0.3 is 29.0 Å². The fourth-order valence-corrected chi connectivity index (χ4v) is 2.99. The molecule has 1 heterocycles. The first-order valence-electron chi connectivity index (χ1n) is 11.0. The number of ether oxygens (including phenoxy) is 5. The highest BCUT2D eigenvalue weighted by Gasteiger charge is 2.19. The molecule has 1 aliphatic heterocycles. The van der Waals surface area contributed by atoms with Gasteiger partial charge in [-0.05, 0) is 56.2 Å². The Labute approximate surface area is 193 Å². The number of rotatable bonds is 11. The lowest BCUT2D eigenvalue weighted by molar-refractivity contribution is -0.148. The van der Waals surface area contributed by atoms with Crippen LogP contribution in [0.2, 0.25) is 0 Å². The van der Waals surface area contributed by atoms with E-state index in [-0.39, 0.29) is 6.79 Å². The van der Waals surface area contributed by atoms with Crippen molar-refractivity contribution in [1.29, 1.82) is 0 Å². The van der Waals surface area contributed by atoms with Gasteiger partial charge in [0.1, 0.15) is 0 Å². The maximum absolute atomic E-state index is 12.4. The molecular formula is C25H29NO7. The van der Waals surface area contributed by atoms with Crippen molar-refractivity contribution in [2.24, 2.45) is 0 Å². The van der Waals surface area contributed by atoms with E-state index in [1.165, 1.54) is 13.0 Å². The molecule has 8 heteroatoms. The zero-order chi connectivity index (χ0) is 23.6. The SMILES string of the molecule is CCCCOc1ccc(/C=C/C(=O)OC(C)C(=O)Nc2ccc3c(c2)OCO3)cc1OCC. The van der Waals surface area contributed by atoms with Crippen LogP contribution in [0.3, 0.4) is 0 Å². The minimum atomic E-state index is -0.985. The van der Waals surface area contributed by atoms with E-state index < -0.39 is 18.0 Å². The van der Waals surface area contributed by atoms with Gasteiger partial charge in [-0.2, -0.15) is 0 Å². The van der Waals surface area contributed by atoms with Crippen molar-refractivity contribution in [3.8, 4) is 23.0 Å². The number of amides is 1. The molecule has 1 aliphatic rings. The second-order valence-electron chi connectivity index (χ2n) is 7.31. The van der Waals surface area contributed by atoms with Crippen LogP contribution in [0, 0.1) is 0 Å². The summed E-state index contributed by atoms with van der Waals surface area (Å²) in [5, 5.41) is 2.69. The quantitative estimate of drug-likeness (QED) is 0.301. The van der Waals surface area contributed by atoms with Crippen LogP contribution in [0.1, 0.15) is 39.2 Å². The number of carbonyl (C=O) groups is 2. The molecule has 3 rings (SSSR count). The Balaban J connectivity index is 1.54. The van der Waals surface area contributed by atoms with E-state index in [1.807, 2.05) is 19.1 Å². The number of esters is 1. The van der Waals surface area contributed by atoms with Crippen molar-refractivity contribution in [2.75, 3.05) is 25.3 Å². The highest BCUT2D eigenvalue weighted by Crippen LogP contribution is 2.34. The average Bonchev–Trinajstić information content (AvgIpc) is 3.27. The molecule has 0 bridgehead atoms. The summed E-state index contributed by atoms with van der Waals surface area (Å²) < 4.78 is 27.2. The molecule has 0 aromatic heterocycles. The molecule has 0 radical (unpaired) electrons. The van der Waals surface area contributed by atoms with Gasteiger partial charge in [0.05, 0.1) is 13.2 Å². The van der Waals surface area contributed by atoms with E-state index in [9.17, 15) is 9.59 Å². The van der Waals surface area contributed by atoms with Gasteiger partial charge in [0, 0.05) is 17.8 Å². The minimum Gasteiger partial charge on any atom is -0.490 e. The lowest BCUT2D eigenvalue weighted by atomic mass is 10.2. The molecule has 0 fully saturated rings. The number of benzene rings is 2. The molecule has 0 aliphatic carbocycles. The van der Waals surface area contributed by atoms with E-state index >= 15 is 0 Å². The Kier molecular flexibility index (Phi) is 8.57. The third-order valence-electron chi connectivity index (χ3n) is 4.74. The second kappa shape index (κ2) is 11.8. The summed E-state index contributed by atoms with van der Waals surface area (Å²) in [6.45, 7) is 6.75. The zero-order valence-electron chi connectivity index (χ0n) is 19.1. The lowest BCUT2D eigenvalue weighted by Crippen LogP contribution is -2.29. The van der Waals surface area contributed by atoms with Gasteiger partial charge >= 0.3 is 5.97 Å². The standard InChI is InChI=1S/C25H29NO7/c1-4-6-13-30-20-10-7-18(14-22(20)29-5-2)8-12-24(27)33-17(3)25(28)26-19-9-11-21-23(15-19)32-16-31-21/h7-12,14-15,17H,4-6,13,16H2,1-3H3,(H,26,28)/b12-8+. The number of unbranched alkanes of at least 4 members (excludes halogenated alkanes) is 1. The molecule has 1 atom stereocenters. The van der Waals surface area contributed by atoms with Gasteiger partial charge in [-0.15, -0.1) is 0 Å². The molecule has 0 spiro atoms. The van der Waals surface area contributed by atoms with Crippen LogP contribution in [0.4, 0.5) is 5.69 Å². The number of hydrogen-bond acceptors (Lipinski definition) is 7. The van der Waals surface area contributed by atoms with E-state index in [1.54, 1.807) is 30.3 Å². The Morgan fingerprint density at radius 3 is 2.67 bits per heavy atom. The molecule has 0 saturated carbocycles. The molecule has 1 unspecified atom stereocenters. The predicted molar refractivity (Wildman–Crippen MR) is 124 cm³/mol. The number of fused-ring (bicyclic) bond motifs is 1. The average molecular weight is 456 g/mol. The van der Waals surface area contributed by atoms with Gasteiger partial charge in [0.2, 0.25) is 6.79 Å². The fraction of sp³-hybridized carbons (Fsp3) is 0.360. The lowest BCUT2D eigenvalue weighted by Gasteiger charge is -2.13. The third-order valence-corrected chi connectivity index (χ3v) is 4.74. The van der Waals surface area contributed by atoms with Crippen LogP contribution in [0.25, 0.3) is 6.08 Å². The molecule has 176 valence electrons. The number of anilines is 1. The van der Waals surface area contributed by atoms with Crippen molar-refractivity contribution in [3.05, 3.63) is 48.0 Å². The van der Waals surface area contributed by atoms with Crippen molar-refractivity contribution in [3.63, 3.8) is 0 Å². The Hall–Kier alpha value is -3.68. The molecule has 33 heavy (non-hydrogen) atoms. The summed E-state index contributed by atoms with van der Waals surface area (Å²) in [5.74, 6) is 1.35. The van der Waals surface area contributed by atoms with Crippen LogP contribution in [0.5, 0.6) is 23.0 Å². The molecule has 0 saturated heterocycles. The van der Waals surface area contributed by atoms with Crippen LogP contribution in [-0.4, -0.2) is 38.0 Å². The Morgan fingerprint density at radius 2 is 1.88 bits per heavy atom. The maximum Gasteiger partial charge on any atom is 0.331 e. The van der Waals surface area contributed by atoms with E-state index in [2.05, 4.69) is 12.2 Å². The third kappa shape index (κ3) is 6.90. The van der Waals surface area contributed by atoms with Gasteiger partial charge in [-0.1, -0.05) is 19.4 Å². The number of carbonyl (C=O) groups excluding carboxylic acids is 2.